The van der Waals surface area contributed by atoms with Crippen molar-refractivity contribution in [1.82, 2.24) is 4.98 Å². The molecule has 2 aromatic carbocycles. The highest BCUT2D eigenvalue weighted by molar-refractivity contribution is 7.92. The fourth-order valence-electron chi connectivity index (χ4n) is 2.44. The average Bonchev–Trinajstić information content (AvgIpc) is 2.91. The van der Waals surface area contributed by atoms with Gasteiger partial charge in [0, 0.05) is 10.9 Å². The van der Waals surface area contributed by atoms with Crippen LogP contribution in [0.5, 0.6) is 0 Å². The first-order valence-corrected chi connectivity index (χ1v) is 9.18. The van der Waals surface area contributed by atoms with E-state index in [0.29, 0.717) is 17.1 Å². The third kappa shape index (κ3) is 3.57. The number of H-pyrrole nitrogens is 1. The van der Waals surface area contributed by atoms with Gasteiger partial charge in [-0.05, 0) is 37.3 Å². The quantitative estimate of drug-likeness (QED) is 0.680. The van der Waals surface area contributed by atoms with Crippen LogP contribution in [-0.2, 0) is 10.0 Å². The molecule has 3 aromatic rings. The van der Waals surface area contributed by atoms with Gasteiger partial charge in [-0.25, -0.2) is 8.42 Å². The molecule has 0 fully saturated rings. The van der Waals surface area contributed by atoms with Gasteiger partial charge in [-0.1, -0.05) is 23.8 Å². The Labute approximate surface area is 139 Å². The number of sulfonamides is 1. The Kier molecular flexibility index (Phi) is 4.02. The second-order valence-electron chi connectivity index (χ2n) is 5.65. The smallest absolute Gasteiger partial charge is 0.272 e. The molecule has 1 amide bonds. The first kappa shape index (κ1) is 16.1. The first-order valence-electron chi connectivity index (χ1n) is 7.29. The molecule has 0 unspecified atom stereocenters. The number of para-hydroxylation sites is 2. The molecule has 7 heteroatoms. The van der Waals surface area contributed by atoms with E-state index >= 15 is 0 Å². The van der Waals surface area contributed by atoms with Crippen molar-refractivity contribution in [1.29, 1.82) is 0 Å². The molecule has 0 radical (unpaired) electrons. The average molecular weight is 343 g/mol. The van der Waals surface area contributed by atoms with Crippen molar-refractivity contribution in [3.8, 4) is 0 Å². The van der Waals surface area contributed by atoms with Gasteiger partial charge < -0.3 is 10.3 Å². The summed E-state index contributed by atoms with van der Waals surface area (Å²) in [5.41, 5.74) is 3.09. The Morgan fingerprint density at radius 2 is 1.75 bits per heavy atom. The lowest BCUT2D eigenvalue weighted by Gasteiger charge is -2.11. The maximum atomic E-state index is 12.5. The summed E-state index contributed by atoms with van der Waals surface area (Å²) in [7, 11) is -3.43. The van der Waals surface area contributed by atoms with Crippen LogP contribution < -0.4 is 10.0 Å². The van der Waals surface area contributed by atoms with E-state index in [1.54, 1.807) is 30.3 Å². The van der Waals surface area contributed by atoms with Gasteiger partial charge in [0.05, 0.1) is 17.6 Å². The topological polar surface area (TPSA) is 91.1 Å². The molecular formula is C17H17N3O3S. The SMILES string of the molecule is Cc1ccc2[nH]c(C(=O)Nc3ccccc3NS(C)(=O)=O)cc2c1. The molecule has 3 rings (SSSR count). The summed E-state index contributed by atoms with van der Waals surface area (Å²) in [5, 5.41) is 3.67. The Morgan fingerprint density at radius 3 is 2.46 bits per heavy atom. The Balaban J connectivity index is 1.89. The van der Waals surface area contributed by atoms with Crippen LogP contribution in [0.4, 0.5) is 11.4 Å². The highest BCUT2D eigenvalue weighted by atomic mass is 32.2. The van der Waals surface area contributed by atoms with E-state index in [2.05, 4.69) is 15.0 Å². The largest absolute Gasteiger partial charge is 0.351 e. The van der Waals surface area contributed by atoms with Gasteiger partial charge >= 0.3 is 0 Å². The molecule has 124 valence electrons. The summed E-state index contributed by atoms with van der Waals surface area (Å²) in [6.45, 7) is 1.99. The number of fused-ring (bicyclic) bond motifs is 1. The number of aromatic amines is 1. The van der Waals surface area contributed by atoms with Crippen molar-refractivity contribution >= 4 is 38.2 Å². The van der Waals surface area contributed by atoms with Crippen LogP contribution in [0.3, 0.4) is 0 Å². The van der Waals surface area contributed by atoms with Crippen LogP contribution in [0, 0.1) is 6.92 Å². The number of hydrogen-bond donors (Lipinski definition) is 3. The van der Waals surface area contributed by atoms with Crippen molar-refractivity contribution in [3.05, 3.63) is 59.8 Å². The first-order chi connectivity index (χ1) is 11.3. The van der Waals surface area contributed by atoms with E-state index in [1.807, 2.05) is 25.1 Å². The van der Waals surface area contributed by atoms with Gasteiger partial charge in [0.25, 0.3) is 5.91 Å². The number of carbonyl (C=O) groups excluding carboxylic acids is 1. The van der Waals surface area contributed by atoms with Crippen LogP contribution >= 0.6 is 0 Å². The van der Waals surface area contributed by atoms with Gasteiger partial charge in [0.1, 0.15) is 5.69 Å². The molecule has 0 saturated heterocycles. The van der Waals surface area contributed by atoms with Crippen molar-refractivity contribution < 1.29 is 13.2 Å². The van der Waals surface area contributed by atoms with E-state index in [9.17, 15) is 13.2 Å². The number of aromatic nitrogens is 1. The summed E-state index contributed by atoms with van der Waals surface area (Å²) in [5.74, 6) is -0.341. The van der Waals surface area contributed by atoms with Crippen molar-refractivity contribution in [2.75, 3.05) is 16.3 Å². The highest BCUT2D eigenvalue weighted by Gasteiger charge is 2.13. The summed E-state index contributed by atoms with van der Waals surface area (Å²) in [4.78, 5) is 15.5. The third-order valence-electron chi connectivity index (χ3n) is 3.49. The summed E-state index contributed by atoms with van der Waals surface area (Å²) in [6.07, 6.45) is 1.06. The fourth-order valence-corrected chi connectivity index (χ4v) is 3.02. The van der Waals surface area contributed by atoms with Crippen LogP contribution in [0.2, 0.25) is 0 Å². The normalized spacial score (nSPS) is 11.4. The minimum Gasteiger partial charge on any atom is -0.351 e. The Morgan fingerprint density at radius 1 is 1.04 bits per heavy atom. The molecule has 0 bridgehead atoms. The van der Waals surface area contributed by atoms with E-state index in [4.69, 9.17) is 0 Å². The molecule has 1 aromatic heterocycles. The molecule has 6 nitrogen and oxygen atoms in total. The summed E-state index contributed by atoms with van der Waals surface area (Å²) < 4.78 is 25.2. The minimum absolute atomic E-state index is 0.320. The fraction of sp³-hybridized carbons (Fsp3) is 0.118. The van der Waals surface area contributed by atoms with E-state index in [0.717, 1.165) is 22.7 Å². The molecule has 0 aliphatic rings. The van der Waals surface area contributed by atoms with Gasteiger partial charge in [-0.15, -0.1) is 0 Å². The van der Waals surface area contributed by atoms with E-state index in [-0.39, 0.29) is 5.91 Å². The summed E-state index contributed by atoms with van der Waals surface area (Å²) in [6, 6.07) is 14.3. The third-order valence-corrected chi connectivity index (χ3v) is 4.08. The highest BCUT2D eigenvalue weighted by Crippen LogP contribution is 2.23. The molecule has 0 saturated carbocycles. The number of anilines is 2. The second kappa shape index (κ2) is 6.01. The molecule has 1 heterocycles. The lowest BCUT2D eigenvalue weighted by molar-refractivity contribution is 0.102. The lowest BCUT2D eigenvalue weighted by Crippen LogP contribution is -2.16. The van der Waals surface area contributed by atoms with Crippen LogP contribution in [0.25, 0.3) is 10.9 Å². The number of hydrogen-bond acceptors (Lipinski definition) is 3. The van der Waals surface area contributed by atoms with E-state index < -0.39 is 10.0 Å². The Bertz CT molecular complexity index is 1020. The molecule has 0 atom stereocenters. The molecule has 0 spiro atoms. The number of carbonyl (C=O) groups is 1. The molecule has 24 heavy (non-hydrogen) atoms. The zero-order valence-corrected chi connectivity index (χ0v) is 14.1. The number of amides is 1. The van der Waals surface area contributed by atoms with Gasteiger partial charge in [-0.2, -0.15) is 0 Å². The van der Waals surface area contributed by atoms with E-state index in [1.165, 1.54) is 0 Å². The predicted molar refractivity (Wildman–Crippen MR) is 95.9 cm³/mol. The zero-order chi connectivity index (χ0) is 17.3. The van der Waals surface area contributed by atoms with Crippen molar-refractivity contribution in [3.63, 3.8) is 0 Å². The molecule has 0 aliphatic heterocycles. The van der Waals surface area contributed by atoms with Crippen LogP contribution in [-0.4, -0.2) is 25.6 Å². The number of rotatable bonds is 4. The minimum atomic E-state index is -3.43. The predicted octanol–water partition coefficient (Wildman–Crippen LogP) is 3.10. The molecular weight excluding hydrogens is 326 g/mol. The maximum Gasteiger partial charge on any atom is 0.272 e. The van der Waals surface area contributed by atoms with Gasteiger partial charge in [0.2, 0.25) is 10.0 Å². The maximum absolute atomic E-state index is 12.5. The Hall–Kier alpha value is -2.80. The van der Waals surface area contributed by atoms with Crippen molar-refractivity contribution in [2.45, 2.75) is 6.92 Å². The van der Waals surface area contributed by atoms with Crippen LogP contribution in [0.15, 0.2) is 48.5 Å². The number of benzene rings is 2. The number of aryl methyl sites for hydroxylation is 1. The summed E-state index contributed by atoms with van der Waals surface area (Å²) >= 11 is 0. The van der Waals surface area contributed by atoms with Crippen molar-refractivity contribution in [2.24, 2.45) is 0 Å². The van der Waals surface area contributed by atoms with Crippen LogP contribution in [0.1, 0.15) is 16.1 Å². The molecule has 0 aliphatic carbocycles. The van der Waals surface area contributed by atoms with Gasteiger partial charge in [0.15, 0.2) is 0 Å². The second-order valence-corrected chi connectivity index (χ2v) is 7.40. The molecule has 3 N–H and O–H groups in total. The lowest BCUT2D eigenvalue weighted by atomic mass is 10.2. The standard InChI is InChI=1S/C17H17N3O3S/c1-11-7-8-13-12(9-11)10-16(18-13)17(21)19-14-5-3-4-6-15(14)20-24(2,22)23/h3-10,18,20H,1-2H3,(H,19,21). The zero-order valence-electron chi connectivity index (χ0n) is 13.3. The van der Waals surface area contributed by atoms with Gasteiger partial charge in [-0.3, -0.25) is 9.52 Å². The monoisotopic (exact) mass is 343 g/mol. The number of nitrogens with one attached hydrogen (secondary N) is 3.